The summed E-state index contributed by atoms with van der Waals surface area (Å²) in [5, 5.41) is 11.7. The molecule has 0 aromatic heterocycles. The van der Waals surface area contributed by atoms with Gasteiger partial charge in [0, 0.05) is 18.7 Å². The summed E-state index contributed by atoms with van der Waals surface area (Å²) in [6.45, 7) is 2.10. The van der Waals surface area contributed by atoms with Crippen molar-refractivity contribution in [2.24, 2.45) is 5.41 Å². The third kappa shape index (κ3) is 3.39. The van der Waals surface area contributed by atoms with Crippen LogP contribution in [0.3, 0.4) is 0 Å². The van der Waals surface area contributed by atoms with Crippen LogP contribution in [0.4, 0.5) is 0 Å². The molecule has 0 saturated carbocycles. The van der Waals surface area contributed by atoms with Gasteiger partial charge in [-0.05, 0) is 25.5 Å². The standard InChI is InChI=1S/C15H18N2O4/c1-15(14(20)21)7-8-17(10-15)12(18)9-16-13(19)11-5-3-2-4-6-11/h2-6H,7-10H2,1H3,(H,16,19)(H,20,21). The first kappa shape index (κ1) is 15.0. The van der Waals surface area contributed by atoms with E-state index in [4.69, 9.17) is 5.11 Å². The Labute approximate surface area is 122 Å². The van der Waals surface area contributed by atoms with E-state index in [1.807, 2.05) is 0 Å². The monoisotopic (exact) mass is 290 g/mol. The minimum Gasteiger partial charge on any atom is -0.481 e. The predicted octanol–water partition coefficient (Wildman–Crippen LogP) is 0.740. The van der Waals surface area contributed by atoms with Crippen LogP contribution in [-0.2, 0) is 9.59 Å². The highest BCUT2D eigenvalue weighted by atomic mass is 16.4. The third-order valence-electron chi connectivity index (χ3n) is 3.78. The van der Waals surface area contributed by atoms with Crippen molar-refractivity contribution < 1.29 is 19.5 Å². The van der Waals surface area contributed by atoms with Gasteiger partial charge in [-0.1, -0.05) is 18.2 Å². The quantitative estimate of drug-likeness (QED) is 0.856. The summed E-state index contributed by atoms with van der Waals surface area (Å²) in [5.74, 6) is -1.47. The highest BCUT2D eigenvalue weighted by molar-refractivity contribution is 5.96. The second-order valence-electron chi connectivity index (χ2n) is 5.48. The molecular weight excluding hydrogens is 272 g/mol. The summed E-state index contributed by atoms with van der Waals surface area (Å²) in [6.07, 6.45) is 0.431. The van der Waals surface area contributed by atoms with Gasteiger partial charge in [0.25, 0.3) is 5.91 Å². The van der Waals surface area contributed by atoms with Crippen molar-refractivity contribution in [2.45, 2.75) is 13.3 Å². The first-order valence-corrected chi connectivity index (χ1v) is 6.77. The summed E-state index contributed by atoms with van der Waals surface area (Å²) in [6, 6.07) is 8.62. The van der Waals surface area contributed by atoms with Gasteiger partial charge in [0.15, 0.2) is 0 Å². The molecule has 0 bridgehead atoms. The molecule has 1 aromatic carbocycles. The minimum atomic E-state index is -0.897. The molecule has 1 aliphatic heterocycles. The number of carboxylic acids is 1. The molecule has 1 fully saturated rings. The number of hydrogen-bond acceptors (Lipinski definition) is 3. The lowest BCUT2D eigenvalue weighted by molar-refractivity contribution is -0.147. The fraction of sp³-hybridized carbons (Fsp3) is 0.400. The lowest BCUT2D eigenvalue weighted by Gasteiger charge is -2.20. The van der Waals surface area contributed by atoms with E-state index in [0.29, 0.717) is 18.5 Å². The van der Waals surface area contributed by atoms with E-state index in [1.54, 1.807) is 37.3 Å². The molecule has 1 unspecified atom stereocenters. The maximum Gasteiger partial charge on any atom is 0.311 e. The summed E-state index contributed by atoms with van der Waals surface area (Å²) in [4.78, 5) is 36.5. The topological polar surface area (TPSA) is 86.7 Å². The Morgan fingerprint density at radius 1 is 1.29 bits per heavy atom. The van der Waals surface area contributed by atoms with E-state index >= 15 is 0 Å². The van der Waals surface area contributed by atoms with Gasteiger partial charge < -0.3 is 15.3 Å². The van der Waals surface area contributed by atoms with E-state index in [2.05, 4.69) is 5.32 Å². The Bertz CT molecular complexity index is 558. The molecule has 1 atom stereocenters. The van der Waals surface area contributed by atoms with Gasteiger partial charge in [0.05, 0.1) is 12.0 Å². The molecule has 1 aliphatic rings. The Hall–Kier alpha value is -2.37. The summed E-state index contributed by atoms with van der Waals surface area (Å²) < 4.78 is 0. The number of carbonyl (C=O) groups excluding carboxylic acids is 2. The number of amides is 2. The lowest BCUT2D eigenvalue weighted by atomic mass is 9.90. The number of nitrogens with one attached hydrogen (secondary N) is 1. The van der Waals surface area contributed by atoms with Crippen LogP contribution < -0.4 is 5.32 Å². The number of benzene rings is 1. The number of likely N-dealkylation sites (tertiary alicyclic amines) is 1. The molecule has 0 aliphatic carbocycles. The fourth-order valence-corrected chi connectivity index (χ4v) is 2.31. The van der Waals surface area contributed by atoms with Crippen LogP contribution in [0.5, 0.6) is 0 Å². The summed E-state index contributed by atoms with van der Waals surface area (Å²) in [5.41, 5.74) is -0.402. The Kier molecular flexibility index (Phi) is 4.26. The van der Waals surface area contributed by atoms with Crippen LogP contribution in [0, 0.1) is 5.41 Å². The zero-order chi connectivity index (χ0) is 15.5. The van der Waals surface area contributed by atoms with E-state index in [1.165, 1.54) is 4.90 Å². The first-order valence-electron chi connectivity index (χ1n) is 6.77. The van der Waals surface area contributed by atoms with Crippen molar-refractivity contribution >= 4 is 17.8 Å². The van der Waals surface area contributed by atoms with Crippen LogP contribution in [0.1, 0.15) is 23.7 Å². The highest BCUT2D eigenvalue weighted by Gasteiger charge is 2.41. The van der Waals surface area contributed by atoms with Gasteiger partial charge in [0.1, 0.15) is 0 Å². The van der Waals surface area contributed by atoms with Crippen LogP contribution in [0.15, 0.2) is 30.3 Å². The first-order chi connectivity index (χ1) is 9.92. The molecule has 112 valence electrons. The van der Waals surface area contributed by atoms with Gasteiger partial charge >= 0.3 is 5.97 Å². The van der Waals surface area contributed by atoms with Crippen LogP contribution in [0.25, 0.3) is 0 Å². The van der Waals surface area contributed by atoms with Crippen molar-refractivity contribution in [2.75, 3.05) is 19.6 Å². The SMILES string of the molecule is CC1(C(=O)O)CCN(C(=O)CNC(=O)c2ccccc2)C1. The molecule has 2 rings (SSSR count). The second-order valence-corrected chi connectivity index (χ2v) is 5.48. The van der Waals surface area contributed by atoms with Gasteiger partial charge in [-0.25, -0.2) is 0 Å². The van der Waals surface area contributed by atoms with Crippen LogP contribution in [0.2, 0.25) is 0 Å². The number of carboxylic acid groups (broad SMARTS) is 1. The van der Waals surface area contributed by atoms with Crippen molar-refractivity contribution in [3.63, 3.8) is 0 Å². The van der Waals surface area contributed by atoms with E-state index in [9.17, 15) is 14.4 Å². The molecule has 1 heterocycles. The molecule has 2 N–H and O–H groups in total. The maximum atomic E-state index is 12.0. The lowest BCUT2D eigenvalue weighted by Crippen LogP contribution is -2.41. The minimum absolute atomic E-state index is 0.122. The number of hydrogen-bond donors (Lipinski definition) is 2. The molecule has 0 spiro atoms. The number of aliphatic carboxylic acids is 1. The zero-order valence-corrected chi connectivity index (χ0v) is 11.8. The fourth-order valence-electron chi connectivity index (χ4n) is 2.31. The highest BCUT2D eigenvalue weighted by Crippen LogP contribution is 2.29. The molecule has 1 aromatic rings. The van der Waals surface area contributed by atoms with Crippen molar-refractivity contribution in [1.82, 2.24) is 10.2 Å². The van der Waals surface area contributed by atoms with Gasteiger partial charge in [-0.15, -0.1) is 0 Å². The van der Waals surface area contributed by atoms with Crippen molar-refractivity contribution in [3.8, 4) is 0 Å². The van der Waals surface area contributed by atoms with Gasteiger partial charge in [0.2, 0.25) is 5.91 Å². The van der Waals surface area contributed by atoms with Gasteiger partial charge in [-0.2, -0.15) is 0 Å². The largest absolute Gasteiger partial charge is 0.481 e. The van der Waals surface area contributed by atoms with Crippen LogP contribution >= 0.6 is 0 Å². The molecule has 6 nitrogen and oxygen atoms in total. The zero-order valence-electron chi connectivity index (χ0n) is 11.8. The molecule has 21 heavy (non-hydrogen) atoms. The number of nitrogens with zero attached hydrogens (tertiary/aromatic N) is 1. The molecule has 6 heteroatoms. The second kappa shape index (κ2) is 5.95. The Morgan fingerprint density at radius 3 is 2.52 bits per heavy atom. The third-order valence-corrected chi connectivity index (χ3v) is 3.78. The Morgan fingerprint density at radius 2 is 1.95 bits per heavy atom. The summed E-state index contributed by atoms with van der Waals surface area (Å²) >= 11 is 0. The average molecular weight is 290 g/mol. The van der Waals surface area contributed by atoms with Crippen LogP contribution in [-0.4, -0.2) is 47.4 Å². The Balaban J connectivity index is 1.86. The molecular formula is C15H18N2O4. The average Bonchev–Trinajstić information content (AvgIpc) is 2.89. The summed E-state index contributed by atoms with van der Waals surface area (Å²) in [7, 11) is 0. The maximum absolute atomic E-state index is 12.0. The van der Waals surface area contributed by atoms with E-state index in [0.717, 1.165) is 0 Å². The van der Waals surface area contributed by atoms with Crippen molar-refractivity contribution in [3.05, 3.63) is 35.9 Å². The molecule has 0 radical (unpaired) electrons. The number of carbonyl (C=O) groups is 3. The molecule has 2 amide bonds. The van der Waals surface area contributed by atoms with Gasteiger partial charge in [-0.3, -0.25) is 14.4 Å². The normalized spacial score (nSPS) is 21.1. The van der Waals surface area contributed by atoms with E-state index in [-0.39, 0.29) is 24.9 Å². The van der Waals surface area contributed by atoms with E-state index < -0.39 is 11.4 Å². The smallest absolute Gasteiger partial charge is 0.311 e. The predicted molar refractivity (Wildman–Crippen MR) is 75.7 cm³/mol. The number of rotatable bonds is 4. The van der Waals surface area contributed by atoms with Crippen molar-refractivity contribution in [1.29, 1.82) is 0 Å². The molecule has 1 saturated heterocycles.